The third-order valence-corrected chi connectivity index (χ3v) is 4.67. The number of rotatable bonds is 4. The maximum absolute atomic E-state index is 14.1. The van der Waals surface area contributed by atoms with Gasteiger partial charge in [-0.15, -0.1) is 0 Å². The summed E-state index contributed by atoms with van der Waals surface area (Å²) < 4.78 is 14.1. The summed E-state index contributed by atoms with van der Waals surface area (Å²) in [5, 5.41) is -0.0440. The Hall–Kier alpha value is -2.25. The van der Waals surface area contributed by atoms with Crippen LogP contribution in [0.15, 0.2) is 30.5 Å². The zero-order chi connectivity index (χ0) is 18.0. The number of nitrogens with zero attached hydrogens (tertiary/aromatic N) is 4. The van der Waals surface area contributed by atoms with Crippen LogP contribution in [0.4, 0.5) is 10.2 Å². The highest BCUT2D eigenvalue weighted by molar-refractivity contribution is 6.31. The van der Waals surface area contributed by atoms with Crippen LogP contribution in [-0.2, 0) is 6.54 Å². The molecule has 8 heteroatoms. The number of likely N-dealkylation sites (tertiary alicyclic amines) is 1. The highest BCUT2D eigenvalue weighted by Gasteiger charge is 2.31. The molecular formula is C17H19ClFN5O. The third kappa shape index (κ3) is 3.88. The number of carbonyl (C=O) groups is 1. The van der Waals surface area contributed by atoms with Crippen molar-refractivity contribution in [2.24, 2.45) is 0 Å². The summed E-state index contributed by atoms with van der Waals surface area (Å²) in [4.78, 5) is 24.7. The molecule has 1 aromatic carbocycles. The van der Waals surface area contributed by atoms with Crippen molar-refractivity contribution in [3.63, 3.8) is 0 Å². The van der Waals surface area contributed by atoms with Gasteiger partial charge in [0.25, 0.3) is 5.91 Å². The predicted octanol–water partition coefficient (Wildman–Crippen LogP) is 2.20. The van der Waals surface area contributed by atoms with Crippen molar-refractivity contribution in [3.8, 4) is 0 Å². The number of hydrogen-bond donors (Lipinski definition) is 1. The Morgan fingerprint density at radius 3 is 3.04 bits per heavy atom. The lowest BCUT2D eigenvalue weighted by Gasteiger charge is -2.24. The van der Waals surface area contributed by atoms with Crippen LogP contribution >= 0.6 is 11.6 Å². The number of nitrogens with two attached hydrogens (primary N) is 1. The fraction of sp³-hybridized carbons (Fsp3) is 0.353. The lowest BCUT2D eigenvalue weighted by atomic mass is 10.2. The summed E-state index contributed by atoms with van der Waals surface area (Å²) in [6, 6.07) is 6.26. The van der Waals surface area contributed by atoms with Gasteiger partial charge >= 0.3 is 0 Å². The summed E-state index contributed by atoms with van der Waals surface area (Å²) in [7, 11) is 1.95. The average molecular weight is 364 g/mol. The fourth-order valence-corrected chi connectivity index (χ4v) is 3.14. The molecule has 0 radical (unpaired) electrons. The van der Waals surface area contributed by atoms with Crippen LogP contribution in [0.2, 0.25) is 5.02 Å². The molecule has 6 nitrogen and oxygen atoms in total. The number of nitrogen functional groups attached to an aromatic ring is 1. The molecule has 2 heterocycles. The summed E-state index contributed by atoms with van der Waals surface area (Å²) >= 11 is 5.77. The summed E-state index contributed by atoms with van der Waals surface area (Å²) in [5.41, 5.74) is 5.68. The number of aromatic nitrogens is 2. The molecule has 1 aliphatic heterocycles. The third-order valence-electron chi connectivity index (χ3n) is 4.37. The normalized spacial score (nSPS) is 17.3. The Kier molecular flexibility index (Phi) is 5.15. The zero-order valence-electron chi connectivity index (χ0n) is 13.8. The van der Waals surface area contributed by atoms with Gasteiger partial charge in [-0.2, -0.15) is 0 Å². The lowest BCUT2D eigenvalue weighted by molar-refractivity contribution is 0.0774. The number of anilines is 1. The van der Waals surface area contributed by atoms with Gasteiger partial charge in [-0.25, -0.2) is 14.4 Å². The van der Waals surface area contributed by atoms with Crippen molar-refractivity contribution in [1.82, 2.24) is 19.8 Å². The van der Waals surface area contributed by atoms with E-state index in [2.05, 4.69) is 14.9 Å². The van der Waals surface area contributed by atoms with Crippen molar-refractivity contribution in [1.29, 1.82) is 0 Å². The van der Waals surface area contributed by atoms with E-state index in [9.17, 15) is 9.18 Å². The number of carbonyl (C=O) groups excluding carboxylic acids is 1. The van der Waals surface area contributed by atoms with Crippen LogP contribution < -0.4 is 5.73 Å². The molecule has 1 aliphatic rings. The molecule has 0 spiro atoms. The van der Waals surface area contributed by atoms with Crippen molar-refractivity contribution >= 4 is 23.3 Å². The molecule has 2 N–H and O–H groups in total. The van der Waals surface area contributed by atoms with E-state index in [4.69, 9.17) is 17.3 Å². The minimum absolute atomic E-state index is 0.00923. The number of benzene rings is 1. The van der Waals surface area contributed by atoms with Crippen LogP contribution in [0, 0.1) is 5.82 Å². The van der Waals surface area contributed by atoms with Crippen LogP contribution in [-0.4, -0.2) is 51.9 Å². The summed E-state index contributed by atoms with van der Waals surface area (Å²) in [6.45, 7) is 1.62. The Labute approximate surface area is 150 Å². The maximum atomic E-state index is 14.1. The van der Waals surface area contributed by atoms with E-state index in [1.165, 1.54) is 12.1 Å². The predicted molar refractivity (Wildman–Crippen MR) is 93.6 cm³/mol. The highest BCUT2D eigenvalue weighted by atomic mass is 35.5. The first kappa shape index (κ1) is 17.6. The molecular weight excluding hydrogens is 345 g/mol. The second kappa shape index (κ2) is 7.33. The molecule has 1 amide bonds. The zero-order valence-corrected chi connectivity index (χ0v) is 14.6. The van der Waals surface area contributed by atoms with Crippen molar-refractivity contribution < 1.29 is 9.18 Å². The van der Waals surface area contributed by atoms with Gasteiger partial charge in [-0.1, -0.05) is 17.7 Å². The molecule has 0 aliphatic carbocycles. The van der Waals surface area contributed by atoms with E-state index < -0.39 is 5.82 Å². The molecule has 0 saturated carbocycles. The largest absolute Gasteiger partial charge is 0.384 e. The van der Waals surface area contributed by atoms with E-state index in [0.29, 0.717) is 31.3 Å². The highest BCUT2D eigenvalue weighted by Crippen LogP contribution is 2.23. The smallest absolute Gasteiger partial charge is 0.256 e. The summed E-state index contributed by atoms with van der Waals surface area (Å²) in [6.07, 6.45) is 2.42. The van der Waals surface area contributed by atoms with Crippen LogP contribution in [0.5, 0.6) is 0 Å². The first-order valence-electron chi connectivity index (χ1n) is 7.96. The second-order valence-corrected chi connectivity index (χ2v) is 6.52. The SMILES string of the molecule is CN(Cc1nccc(N)n1)C1CCN(C(=O)c2cccc(Cl)c2F)C1. The molecule has 1 saturated heterocycles. The molecule has 1 atom stereocenters. The molecule has 1 fully saturated rings. The molecule has 3 rings (SSSR count). The van der Waals surface area contributed by atoms with Gasteiger partial charge in [0.15, 0.2) is 5.82 Å². The van der Waals surface area contributed by atoms with Gasteiger partial charge in [-0.3, -0.25) is 9.69 Å². The van der Waals surface area contributed by atoms with Crippen molar-refractivity contribution in [3.05, 3.63) is 52.7 Å². The van der Waals surface area contributed by atoms with E-state index in [0.717, 1.165) is 6.42 Å². The number of likely N-dealkylation sites (N-methyl/N-ethyl adjacent to an activating group) is 1. The fourth-order valence-electron chi connectivity index (χ4n) is 2.97. The monoisotopic (exact) mass is 363 g/mol. The quantitative estimate of drug-likeness (QED) is 0.901. The second-order valence-electron chi connectivity index (χ2n) is 6.11. The van der Waals surface area contributed by atoms with Gasteiger partial charge in [0.05, 0.1) is 17.1 Å². The minimum atomic E-state index is -0.667. The summed E-state index contributed by atoms with van der Waals surface area (Å²) in [5.74, 6) is 0.0569. The molecule has 132 valence electrons. The Morgan fingerprint density at radius 2 is 2.28 bits per heavy atom. The van der Waals surface area contributed by atoms with Gasteiger partial charge < -0.3 is 10.6 Å². The standard InChI is InChI=1S/C17H19ClFN5O/c1-23(10-15-21-7-5-14(20)22-15)11-6-8-24(9-11)17(25)12-3-2-4-13(18)16(12)19/h2-5,7,11H,6,8-10H2,1H3,(H2,20,21,22). The van der Waals surface area contributed by atoms with Gasteiger partial charge in [0.2, 0.25) is 0 Å². The Morgan fingerprint density at radius 1 is 1.48 bits per heavy atom. The molecule has 2 aromatic rings. The van der Waals surface area contributed by atoms with E-state index in [-0.39, 0.29) is 22.5 Å². The van der Waals surface area contributed by atoms with Crippen molar-refractivity contribution in [2.45, 2.75) is 19.0 Å². The molecule has 1 aromatic heterocycles. The number of amides is 1. The Bertz CT molecular complexity index is 787. The van der Waals surface area contributed by atoms with Gasteiger partial charge in [0.1, 0.15) is 11.6 Å². The molecule has 25 heavy (non-hydrogen) atoms. The maximum Gasteiger partial charge on any atom is 0.256 e. The Balaban J connectivity index is 1.64. The van der Waals surface area contributed by atoms with Crippen molar-refractivity contribution in [2.75, 3.05) is 25.9 Å². The van der Waals surface area contributed by atoms with Crippen LogP contribution in [0.3, 0.4) is 0 Å². The van der Waals surface area contributed by atoms with E-state index >= 15 is 0 Å². The van der Waals surface area contributed by atoms with E-state index in [1.807, 2.05) is 7.05 Å². The van der Waals surface area contributed by atoms with Crippen LogP contribution in [0.25, 0.3) is 0 Å². The number of halogens is 2. The van der Waals surface area contributed by atoms with Gasteiger partial charge in [0, 0.05) is 25.3 Å². The lowest BCUT2D eigenvalue weighted by Crippen LogP contribution is -2.36. The topological polar surface area (TPSA) is 75.4 Å². The minimum Gasteiger partial charge on any atom is -0.384 e. The molecule has 0 bridgehead atoms. The number of hydrogen-bond acceptors (Lipinski definition) is 5. The van der Waals surface area contributed by atoms with Crippen LogP contribution in [0.1, 0.15) is 22.6 Å². The molecule has 1 unspecified atom stereocenters. The van der Waals surface area contributed by atoms with E-state index in [1.54, 1.807) is 23.2 Å². The first-order valence-corrected chi connectivity index (χ1v) is 8.34. The average Bonchev–Trinajstić information content (AvgIpc) is 3.07. The van der Waals surface area contributed by atoms with Gasteiger partial charge in [-0.05, 0) is 31.7 Å². The first-order chi connectivity index (χ1) is 12.0.